The second-order valence-corrected chi connectivity index (χ2v) is 5.07. The van der Waals surface area contributed by atoms with Gasteiger partial charge in [0.15, 0.2) is 0 Å². The molecule has 0 aliphatic heterocycles. The van der Waals surface area contributed by atoms with Crippen molar-refractivity contribution in [2.45, 2.75) is 19.3 Å². The van der Waals surface area contributed by atoms with E-state index >= 15 is 0 Å². The highest BCUT2D eigenvalue weighted by atomic mass is 16.3. The standard InChI is InChI=1S/C17H14O/c18-17-14-8-2-1-7-12(14)13-9-3-5-11-6-4-10-15(17)16(11)13/h1-3,5,7-9,18H,4,6,10H2. The molecule has 0 saturated heterocycles. The minimum Gasteiger partial charge on any atom is -0.507 e. The lowest BCUT2D eigenvalue weighted by molar-refractivity contribution is 0.474. The van der Waals surface area contributed by atoms with Crippen molar-refractivity contribution in [3.8, 4) is 5.75 Å². The highest BCUT2D eigenvalue weighted by Crippen LogP contribution is 2.41. The average Bonchev–Trinajstić information content (AvgIpc) is 2.44. The van der Waals surface area contributed by atoms with E-state index in [4.69, 9.17) is 0 Å². The summed E-state index contributed by atoms with van der Waals surface area (Å²) in [6, 6.07) is 14.7. The predicted molar refractivity (Wildman–Crippen MR) is 75.1 cm³/mol. The van der Waals surface area contributed by atoms with Crippen LogP contribution in [0.25, 0.3) is 21.5 Å². The zero-order chi connectivity index (χ0) is 12.1. The zero-order valence-electron chi connectivity index (χ0n) is 10.1. The second-order valence-electron chi connectivity index (χ2n) is 5.07. The molecule has 0 atom stereocenters. The summed E-state index contributed by atoms with van der Waals surface area (Å²) < 4.78 is 0. The number of hydrogen-bond donors (Lipinski definition) is 1. The number of phenolic OH excluding ortho intramolecular Hbond substituents is 1. The molecule has 0 saturated carbocycles. The summed E-state index contributed by atoms with van der Waals surface area (Å²) in [4.78, 5) is 0. The first kappa shape index (κ1) is 9.95. The van der Waals surface area contributed by atoms with Crippen LogP contribution < -0.4 is 0 Å². The van der Waals surface area contributed by atoms with Gasteiger partial charge >= 0.3 is 0 Å². The Hall–Kier alpha value is -2.02. The molecule has 3 aromatic rings. The molecular formula is C17H14O. The van der Waals surface area contributed by atoms with E-state index in [9.17, 15) is 5.11 Å². The van der Waals surface area contributed by atoms with E-state index in [1.165, 1.54) is 16.3 Å². The van der Waals surface area contributed by atoms with Crippen molar-refractivity contribution in [2.75, 3.05) is 0 Å². The van der Waals surface area contributed by atoms with Crippen LogP contribution in [0.4, 0.5) is 0 Å². The molecule has 1 nitrogen and oxygen atoms in total. The van der Waals surface area contributed by atoms with E-state index in [1.807, 2.05) is 18.2 Å². The summed E-state index contributed by atoms with van der Waals surface area (Å²) in [6.07, 6.45) is 3.25. The topological polar surface area (TPSA) is 20.2 Å². The highest BCUT2D eigenvalue weighted by Gasteiger charge is 2.18. The molecule has 0 amide bonds. The van der Waals surface area contributed by atoms with Crippen LogP contribution in [0, 0.1) is 0 Å². The van der Waals surface area contributed by atoms with Crippen LogP contribution in [-0.4, -0.2) is 5.11 Å². The fourth-order valence-electron chi connectivity index (χ4n) is 3.29. The first-order chi connectivity index (χ1) is 8.86. The maximum absolute atomic E-state index is 10.5. The van der Waals surface area contributed by atoms with E-state index in [0.717, 1.165) is 35.6 Å². The molecule has 1 heteroatoms. The molecule has 1 N–H and O–H groups in total. The number of aromatic hydroxyl groups is 1. The van der Waals surface area contributed by atoms with Gasteiger partial charge in [0.05, 0.1) is 0 Å². The highest BCUT2D eigenvalue weighted by molar-refractivity contribution is 6.13. The lowest BCUT2D eigenvalue weighted by Crippen LogP contribution is -2.02. The number of hydrogen-bond acceptors (Lipinski definition) is 1. The van der Waals surface area contributed by atoms with Gasteiger partial charge in [-0.3, -0.25) is 0 Å². The molecule has 88 valence electrons. The molecular weight excluding hydrogens is 220 g/mol. The van der Waals surface area contributed by atoms with Crippen LogP contribution in [0.5, 0.6) is 5.75 Å². The van der Waals surface area contributed by atoms with Crippen molar-refractivity contribution < 1.29 is 5.11 Å². The van der Waals surface area contributed by atoms with Crippen LogP contribution in [-0.2, 0) is 12.8 Å². The van der Waals surface area contributed by atoms with E-state index < -0.39 is 0 Å². The van der Waals surface area contributed by atoms with Gasteiger partial charge in [-0.15, -0.1) is 0 Å². The number of benzene rings is 3. The van der Waals surface area contributed by atoms with Crippen LogP contribution in [0.15, 0.2) is 42.5 Å². The maximum Gasteiger partial charge on any atom is 0.127 e. The Morgan fingerprint density at radius 1 is 0.778 bits per heavy atom. The summed E-state index contributed by atoms with van der Waals surface area (Å²) >= 11 is 0. The van der Waals surface area contributed by atoms with Crippen LogP contribution >= 0.6 is 0 Å². The van der Waals surface area contributed by atoms with Crippen LogP contribution in [0.2, 0.25) is 0 Å². The SMILES string of the molecule is Oc1c2c3c(cccc3c3ccccc13)CCC2. The van der Waals surface area contributed by atoms with Gasteiger partial charge in [0, 0.05) is 10.9 Å². The number of aryl methyl sites for hydroxylation is 2. The third kappa shape index (κ3) is 1.16. The van der Waals surface area contributed by atoms with Gasteiger partial charge in [0.25, 0.3) is 0 Å². The average molecular weight is 234 g/mol. The van der Waals surface area contributed by atoms with Crippen molar-refractivity contribution in [1.82, 2.24) is 0 Å². The van der Waals surface area contributed by atoms with Gasteiger partial charge in [-0.05, 0) is 41.0 Å². The third-order valence-corrected chi connectivity index (χ3v) is 4.08. The molecule has 18 heavy (non-hydrogen) atoms. The Morgan fingerprint density at radius 3 is 2.44 bits per heavy atom. The van der Waals surface area contributed by atoms with Crippen molar-refractivity contribution in [2.24, 2.45) is 0 Å². The summed E-state index contributed by atoms with van der Waals surface area (Å²) in [5, 5.41) is 15.2. The molecule has 0 spiro atoms. The number of phenols is 1. The normalized spacial score (nSPS) is 14.2. The Kier molecular flexibility index (Phi) is 1.93. The van der Waals surface area contributed by atoms with Gasteiger partial charge in [0.1, 0.15) is 5.75 Å². The summed E-state index contributed by atoms with van der Waals surface area (Å²) in [6.45, 7) is 0. The minimum absolute atomic E-state index is 0.491. The summed E-state index contributed by atoms with van der Waals surface area (Å²) in [5.74, 6) is 0.491. The van der Waals surface area contributed by atoms with Crippen molar-refractivity contribution in [3.05, 3.63) is 53.6 Å². The van der Waals surface area contributed by atoms with Crippen molar-refractivity contribution >= 4 is 21.5 Å². The number of rotatable bonds is 0. The lowest BCUT2D eigenvalue weighted by atomic mass is 9.85. The van der Waals surface area contributed by atoms with Gasteiger partial charge in [-0.25, -0.2) is 0 Å². The first-order valence-electron chi connectivity index (χ1n) is 6.50. The molecule has 3 aromatic carbocycles. The van der Waals surface area contributed by atoms with Gasteiger partial charge in [0.2, 0.25) is 0 Å². The zero-order valence-corrected chi connectivity index (χ0v) is 10.1. The largest absolute Gasteiger partial charge is 0.507 e. The monoisotopic (exact) mass is 234 g/mol. The number of fused-ring (bicyclic) bond motifs is 2. The van der Waals surface area contributed by atoms with E-state index in [-0.39, 0.29) is 0 Å². The Balaban J connectivity index is 2.35. The van der Waals surface area contributed by atoms with Crippen LogP contribution in [0.3, 0.4) is 0 Å². The molecule has 0 radical (unpaired) electrons. The fraction of sp³-hybridized carbons (Fsp3) is 0.176. The third-order valence-electron chi connectivity index (χ3n) is 4.08. The van der Waals surface area contributed by atoms with E-state index in [0.29, 0.717) is 5.75 Å². The van der Waals surface area contributed by atoms with Crippen molar-refractivity contribution in [3.63, 3.8) is 0 Å². The lowest BCUT2D eigenvalue weighted by Gasteiger charge is -2.20. The van der Waals surface area contributed by atoms with Gasteiger partial charge in [-0.2, -0.15) is 0 Å². The van der Waals surface area contributed by atoms with Crippen LogP contribution in [0.1, 0.15) is 17.5 Å². The summed E-state index contributed by atoms with van der Waals surface area (Å²) in [7, 11) is 0. The van der Waals surface area contributed by atoms with Crippen molar-refractivity contribution in [1.29, 1.82) is 0 Å². The molecule has 0 fully saturated rings. The quantitative estimate of drug-likeness (QED) is 0.578. The Bertz CT molecular complexity index is 771. The minimum atomic E-state index is 0.491. The summed E-state index contributed by atoms with van der Waals surface area (Å²) in [5.41, 5.74) is 2.53. The van der Waals surface area contributed by atoms with E-state index in [2.05, 4.69) is 24.3 Å². The molecule has 0 heterocycles. The molecule has 4 rings (SSSR count). The van der Waals surface area contributed by atoms with E-state index in [1.54, 1.807) is 0 Å². The molecule has 0 unspecified atom stereocenters. The first-order valence-corrected chi connectivity index (χ1v) is 6.50. The van der Waals surface area contributed by atoms with Gasteiger partial charge in [-0.1, -0.05) is 42.5 Å². The Morgan fingerprint density at radius 2 is 1.56 bits per heavy atom. The molecule has 0 aromatic heterocycles. The molecule has 1 aliphatic carbocycles. The van der Waals surface area contributed by atoms with Gasteiger partial charge < -0.3 is 5.11 Å². The fourth-order valence-corrected chi connectivity index (χ4v) is 3.29. The smallest absolute Gasteiger partial charge is 0.127 e. The second kappa shape index (κ2) is 3.49. The molecule has 0 bridgehead atoms. The molecule has 1 aliphatic rings. The predicted octanol–water partition coefficient (Wildman–Crippen LogP) is 4.19. The Labute approximate surface area is 106 Å². The maximum atomic E-state index is 10.5.